The molecule has 7 heteroatoms. The summed E-state index contributed by atoms with van der Waals surface area (Å²) in [5, 5.41) is 7.97. The summed E-state index contributed by atoms with van der Waals surface area (Å²) in [5.74, 6) is 1.72. The van der Waals surface area contributed by atoms with Crippen molar-refractivity contribution in [3.8, 4) is 17.3 Å². The van der Waals surface area contributed by atoms with Gasteiger partial charge in [0.2, 0.25) is 0 Å². The van der Waals surface area contributed by atoms with Crippen LogP contribution in [0.2, 0.25) is 0 Å². The molecule has 174 valence electrons. The minimum Gasteiger partial charge on any atom is -0.497 e. The molecule has 0 saturated heterocycles. The molecule has 2 amide bonds. The molecule has 0 spiro atoms. The molecule has 2 aromatic heterocycles. The van der Waals surface area contributed by atoms with Crippen molar-refractivity contribution in [1.29, 1.82) is 0 Å². The number of hydrogen-bond donors (Lipinski definition) is 1. The fraction of sp³-hybridized carbons (Fsp3) is 0.259. The van der Waals surface area contributed by atoms with E-state index in [1.165, 1.54) is 0 Å². The number of urea groups is 1. The number of benzene rings is 2. The standard InChI is InChI=1S/C27H29N5O2/c1-4-15-28-27(33)31-18-23-19(2)29-32(21-11-6-5-7-12-21)26(23)30-16-9-14-24(30)25(31)20-10-8-13-22(17-20)34-3/h5-14,16-17,25H,4,15,18H2,1-3H3,(H,28,33)/t25-/m0/s1. The minimum absolute atomic E-state index is 0.0952. The van der Waals surface area contributed by atoms with Crippen molar-refractivity contribution < 1.29 is 9.53 Å². The number of hydrogen-bond acceptors (Lipinski definition) is 3. The monoisotopic (exact) mass is 455 g/mol. The number of ether oxygens (including phenoxy) is 1. The molecule has 2 aromatic carbocycles. The second kappa shape index (κ2) is 9.09. The summed E-state index contributed by atoms with van der Waals surface area (Å²) in [6.45, 7) is 5.12. The van der Waals surface area contributed by atoms with Gasteiger partial charge in [0, 0.05) is 18.3 Å². The third kappa shape index (κ3) is 3.73. The Bertz CT molecular complexity index is 1310. The zero-order chi connectivity index (χ0) is 23.7. The van der Waals surface area contributed by atoms with E-state index in [1.807, 2.05) is 71.1 Å². The van der Waals surface area contributed by atoms with Gasteiger partial charge in [-0.3, -0.25) is 0 Å². The Kier molecular flexibility index (Phi) is 5.84. The van der Waals surface area contributed by atoms with Gasteiger partial charge in [0.25, 0.3) is 0 Å². The molecule has 1 aliphatic rings. The lowest BCUT2D eigenvalue weighted by Gasteiger charge is -2.31. The van der Waals surface area contributed by atoms with Crippen molar-refractivity contribution in [3.05, 3.63) is 95.4 Å². The number of aromatic nitrogens is 3. The van der Waals surface area contributed by atoms with E-state index in [2.05, 4.69) is 35.1 Å². The van der Waals surface area contributed by atoms with E-state index in [-0.39, 0.29) is 12.1 Å². The maximum absolute atomic E-state index is 13.5. The van der Waals surface area contributed by atoms with Gasteiger partial charge in [0.1, 0.15) is 11.6 Å². The molecule has 5 rings (SSSR count). The van der Waals surface area contributed by atoms with Gasteiger partial charge in [0.15, 0.2) is 0 Å². The molecule has 0 fully saturated rings. The highest BCUT2D eigenvalue weighted by molar-refractivity contribution is 5.76. The molecule has 34 heavy (non-hydrogen) atoms. The molecule has 3 heterocycles. The molecule has 4 aromatic rings. The topological polar surface area (TPSA) is 64.3 Å². The first-order chi connectivity index (χ1) is 16.6. The Morgan fingerprint density at radius 3 is 2.71 bits per heavy atom. The van der Waals surface area contributed by atoms with E-state index in [0.29, 0.717) is 13.1 Å². The van der Waals surface area contributed by atoms with Crippen molar-refractivity contribution in [3.63, 3.8) is 0 Å². The third-order valence-corrected chi connectivity index (χ3v) is 6.28. The van der Waals surface area contributed by atoms with Crippen molar-refractivity contribution in [2.45, 2.75) is 32.9 Å². The van der Waals surface area contributed by atoms with Crippen molar-refractivity contribution >= 4 is 6.03 Å². The largest absolute Gasteiger partial charge is 0.497 e. The Labute approximate surface area is 199 Å². The first-order valence-electron chi connectivity index (χ1n) is 11.6. The van der Waals surface area contributed by atoms with Gasteiger partial charge in [-0.2, -0.15) is 5.10 Å². The summed E-state index contributed by atoms with van der Waals surface area (Å²) in [4.78, 5) is 15.4. The lowest BCUT2D eigenvalue weighted by molar-refractivity contribution is 0.180. The summed E-state index contributed by atoms with van der Waals surface area (Å²) in [6, 6.07) is 21.8. The molecule has 7 nitrogen and oxygen atoms in total. The second-order valence-electron chi connectivity index (χ2n) is 8.48. The summed E-state index contributed by atoms with van der Waals surface area (Å²) in [6.07, 6.45) is 2.92. The average molecular weight is 456 g/mol. The highest BCUT2D eigenvalue weighted by Gasteiger charge is 2.36. The molecule has 0 bridgehead atoms. The van der Waals surface area contributed by atoms with Gasteiger partial charge < -0.3 is 19.5 Å². The Morgan fingerprint density at radius 2 is 1.94 bits per heavy atom. The normalized spacial score (nSPS) is 14.8. The summed E-state index contributed by atoms with van der Waals surface area (Å²) >= 11 is 0. The molecule has 0 saturated carbocycles. The number of rotatable bonds is 5. The number of para-hydroxylation sites is 1. The minimum atomic E-state index is -0.294. The molecule has 0 radical (unpaired) electrons. The molecule has 0 aliphatic carbocycles. The zero-order valence-corrected chi connectivity index (χ0v) is 19.7. The lowest BCUT2D eigenvalue weighted by Crippen LogP contribution is -2.42. The number of carbonyl (C=O) groups is 1. The van der Waals surface area contributed by atoms with E-state index < -0.39 is 0 Å². The van der Waals surface area contributed by atoms with Crippen LogP contribution in [0.15, 0.2) is 72.9 Å². The van der Waals surface area contributed by atoms with Gasteiger partial charge in [-0.1, -0.05) is 37.3 Å². The number of amides is 2. The molecular formula is C27H29N5O2. The molecule has 1 aliphatic heterocycles. The molecule has 1 atom stereocenters. The SMILES string of the molecule is CCCNC(=O)N1Cc2c(C)nn(-c3ccccc3)c2-n2cccc2[C@@H]1c1cccc(OC)c1. The zero-order valence-electron chi connectivity index (χ0n) is 19.7. The van der Waals surface area contributed by atoms with Crippen LogP contribution >= 0.6 is 0 Å². The van der Waals surface area contributed by atoms with Crippen LogP contribution in [0, 0.1) is 6.92 Å². The summed E-state index contributed by atoms with van der Waals surface area (Å²) < 4.78 is 9.65. The highest BCUT2D eigenvalue weighted by Crippen LogP contribution is 2.39. The average Bonchev–Trinajstić information content (AvgIpc) is 3.43. The van der Waals surface area contributed by atoms with Crippen LogP contribution in [0.4, 0.5) is 4.79 Å². The quantitative estimate of drug-likeness (QED) is 0.460. The molecular weight excluding hydrogens is 426 g/mol. The van der Waals surface area contributed by atoms with E-state index in [1.54, 1.807) is 7.11 Å². The maximum Gasteiger partial charge on any atom is 0.318 e. The van der Waals surface area contributed by atoms with Crippen LogP contribution < -0.4 is 10.1 Å². The molecule has 0 unspecified atom stereocenters. The van der Waals surface area contributed by atoms with Crippen LogP contribution in [-0.4, -0.2) is 38.9 Å². The predicted molar refractivity (Wildman–Crippen MR) is 132 cm³/mol. The van der Waals surface area contributed by atoms with Crippen LogP contribution in [0.25, 0.3) is 11.5 Å². The first kappa shape index (κ1) is 21.8. The predicted octanol–water partition coefficient (Wildman–Crippen LogP) is 5.00. The van der Waals surface area contributed by atoms with Gasteiger partial charge in [-0.25, -0.2) is 9.48 Å². The van der Waals surface area contributed by atoms with E-state index in [9.17, 15) is 4.79 Å². The lowest BCUT2D eigenvalue weighted by atomic mass is 10.0. The van der Waals surface area contributed by atoms with E-state index in [4.69, 9.17) is 9.84 Å². The Morgan fingerprint density at radius 1 is 1.12 bits per heavy atom. The van der Waals surface area contributed by atoms with Crippen LogP contribution in [0.5, 0.6) is 5.75 Å². The van der Waals surface area contributed by atoms with Gasteiger partial charge >= 0.3 is 6.03 Å². The first-order valence-corrected chi connectivity index (χ1v) is 11.6. The van der Waals surface area contributed by atoms with E-state index >= 15 is 0 Å². The number of aryl methyl sites for hydroxylation is 1. The fourth-order valence-corrected chi connectivity index (χ4v) is 4.65. The summed E-state index contributed by atoms with van der Waals surface area (Å²) in [7, 11) is 1.66. The molecule has 1 N–H and O–H groups in total. The third-order valence-electron chi connectivity index (χ3n) is 6.28. The van der Waals surface area contributed by atoms with Crippen LogP contribution in [0.1, 0.15) is 41.9 Å². The van der Waals surface area contributed by atoms with Crippen molar-refractivity contribution in [1.82, 2.24) is 24.6 Å². The smallest absolute Gasteiger partial charge is 0.318 e. The number of fused-ring (bicyclic) bond motifs is 3. The Balaban J connectivity index is 1.73. The van der Waals surface area contributed by atoms with Crippen LogP contribution in [-0.2, 0) is 6.54 Å². The van der Waals surface area contributed by atoms with Gasteiger partial charge in [-0.05, 0) is 55.3 Å². The fourth-order valence-electron chi connectivity index (χ4n) is 4.65. The Hall–Kier alpha value is -4.00. The second-order valence-corrected chi connectivity index (χ2v) is 8.48. The van der Waals surface area contributed by atoms with Gasteiger partial charge in [0.05, 0.1) is 36.8 Å². The highest BCUT2D eigenvalue weighted by atomic mass is 16.5. The number of nitrogens with zero attached hydrogens (tertiary/aromatic N) is 4. The number of methoxy groups -OCH3 is 1. The van der Waals surface area contributed by atoms with Crippen LogP contribution in [0.3, 0.4) is 0 Å². The van der Waals surface area contributed by atoms with Crippen molar-refractivity contribution in [2.75, 3.05) is 13.7 Å². The number of carbonyl (C=O) groups excluding carboxylic acids is 1. The summed E-state index contributed by atoms with van der Waals surface area (Å²) in [5.41, 5.74) is 4.90. The van der Waals surface area contributed by atoms with Gasteiger partial charge in [-0.15, -0.1) is 0 Å². The van der Waals surface area contributed by atoms with E-state index in [0.717, 1.165) is 46.2 Å². The maximum atomic E-state index is 13.5. The van der Waals surface area contributed by atoms with Crippen molar-refractivity contribution in [2.24, 2.45) is 0 Å². The number of nitrogens with one attached hydrogen (secondary N) is 1.